The Morgan fingerprint density at radius 1 is 1.08 bits per heavy atom. The molecule has 1 aliphatic heterocycles. The number of rotatable bonds is 4. The molecule has 1 amide bonds. The monoisotopic (exact) mass is 362 g/mol. The smallest absolute Gasteiger partial charge is 0.268 e. The van der Waals surface area contributed by atoms with Gasteiger partial charge in [0.25, 0.3) is 5.91 Å². The van der Waals surface area contributed by atoms with Gasteiger partial charge in [-0.25, -0.2) is 9.11 Å². The molecule has 0 radical (unpaired) electrons. The largest absolute Gasteiger partial charge is 0.304 e. The van der Waals surface area contributed by atoms with Crippen LogP contribution in [0.1, 0.15) is 28.8 Å². The fourth-order valence-corrected chi connectivity index (χ4v) is 4.11. The Balaban J connectivity index is 1.93. The Hall–Kier alpha value is -2.25. The van der Waals surface area contributed by atoms with E-state index in [9.17, 15) is 17.6 Å². The predicted octanol–water partition coefficient (Wildman–Crippen LogP) is 2.87. The minimum absolute atomic E-state index is 0.276. The summed E-state index contributed by atoms with van der Waals surface area (Å²) in [5, 5.41) is 0. The second-order valence-corrected chi connectivity index (χ2v) is 7.73. The van der Waals surface area contributed by atoms with Gasteiger partial charge in [0.05, 0.1) is 5.56 Å². The Kier molecular flexibility index (Phi) is 4.87. The lowest BCUT2D eigenvalue weighted by Gasteiger charge is -2.16. The highest BCUT2D eigenvalue weighted by atomic mass is 32.2. The van der Waals surface area contributed by atoms with Crippen molar-refractivity contribution in [1.82, 2.24) is 9.03 Å². The first-order chi connectivity index (χ1) is 11.9. The van der Waals surface area contributed by atoms with Crippen molar-refractivity contribution in [2.75, 3.05) is 13.1 Å². The van der Waals surface area contributed by atoms with Crippen molar-refractivity contribution < 1.29 is 17.6 Å². The minimum Gasteiger partial charge on any atom is -0.268 e. The van der Waals surface area contributed by atoms with E-state index in [0.29, 0.717) is 18.7 Å². The van der Waals surface area contributed by atoms with Gasteiger partial charge in [-0.05, 0) is 48.6 Å². The summed E-state index contributed by atoms with van der Waals surface area (Å²) in [4.78, 5) is 12.4. The van der Waals surface area contributed by atoms with E-state index in [0.717, 1.165) is 18.4 Å². The fourth-order valence-electron chi connectivity index (χ4n) is 2.90. The van der Waals surface area contributed by atoms with Crippen LogP contribution in [0.15, 0.2) is 42.5 Å². The van der Waals surface area contributed by atoms with E-state index in [2.05, 4.69) is 0 Å². The summed E-state index contributed by atoms with van der Waals surface area (Å²) in [5.74, 6) is -1.67. The van der Waals surface area contributed by atoms with Gasteiger partial charge in [-0.1, -0.05) is 30.3 Å². The van der Waals surface area contributed by atoms with Crippen molar-refractivity contribution in [3.63, 3.8) is 0 Å². The van der Waals surface area contributed by atoms with Crippen molar-refractivity contribution in [2.45, 2.75) is 19.8 Å². The molecule has 0 atom stereocenters. The van der Waals surface area contributed by atoms with Gasteiger partial charge in [-0.3, -0.25) is 4.79 Å². The van der Waals surface area contributed by atoms with Crippen molar-refractivity contribution >= 4 is 16.1 Å². The lowest BCUT2D eigenvalue weighted by Crippen LogP contribution is -2.42. The lowest BCUT2D eigenvalue weighted by atomic mass is 9.99. The first-order valence-corrected chi connectivity index (χ1v) is 9.50. The maximum absolute atomic E-state index is 14.4. The van der Waals surface area contributed by atoms with Gasteiger partial charge in [0.1, 0.15) is 5.82 Å². The molecule has 0 aliphatic carbocycles. The third kappa shape index (κ3) is 3.72. The summed E-state index contributed by atoms with van der Waals surface area (Å²) in [6, 6.07) is 12.2. The summed E-state index contributed by atoms with van der Waals surface area (Å²) in [6.45, 7) is 2.29. The molecule has 3 rings (SSSR count). The van der Waals surface area contributed by atoms with Gasteiger partial charge in [0.15, 0.2) is 0 Å². The fraction of sp³-hybridized carbons (Fsp3) is 0.278. The lowest BCUT2D eigenvalue weighted by molar-refractivity contribution is 0.0975. The Labute approximate surface area is 146 Å². The molecule has 1 saturated heterocycles. The van der Waals surface area contributed by atoms with Crippen LogP contribution in [0.5, 0.6) is 0 Å². The first-order valence-electron chi connectivity index (χ1n) is 8.06. The zero-order valence-electron chi connectivity index (χ0n) is 13.8. The van der Waals surface area contributed by atoms with Crippen LogP contribution in [-0.2, 0) is 10.2 Å². The van der Waals surface area contributed by atoms with E-state index in [4.69, 9.17) is 0 Å². The van der Waals surface area contributed by atoms with E-state index < -0.39 is 21.9 Å². The van der Waals surface area contributed by atoms with Crippen LogP contribution in [0.3, 0.4) is 0 Å². The molecule has 1 fully saturated rings. The Morgan fingerprint density at radius 3 is 2.36 bits per heavy atom. The van der Waals surface area contributed by atoms with Crippen LogP contribution in [0.4, 0.5) is 4.39 Å². The second-order valence-electron chi connectivity index (χ2n) is 6.06. The zero-order chi connectivity index (χ0) is 18.0. The molecule has 1 heterocycles. The van der Waals surface area contributed by atoms with Crippen LogP contribution in [0.25, 0.3) is 11.1 Å². The van der Waals surface area contributed by atoms with Crippen molar-refractivity contribution in [3.8, 4) is 11.1 Å². The van der Waals surface area contributed by atoms with Gasteiger partial charge in [-0.2, -0.15) is 12.7 Å². The molecule has 132 valence electrons. The number of nitrogens with one attached hydrogen (secondary N) is 1. The molecule has 0 spiro atoms. The van der Waals surface area contributed by atoms with Gasteiger partial charge in [-0.15, -0.1) is 0 Å². The number of hydrogen-bond donors (Lipinski definition) is 1. The number of hydrogen-bond acceptors (Lipinski definition) is 3. The first kappa shape index (κ1) is 17.6. The molecule has 25 heavy (non-hydrogen) atoms. The molecular weight excluding hydrogens is 343 g/mol. The highest BCUT2D eigenvalue weighted by Crippen LogP contribution is 2.25. The molecular formula is C18H19FN2O3S. The summed E-state index contributed by atoms with van der Waals surface area (Å²) in [6.07, 6.45) is 1.51. The topological polar surface area (TPSA) is 66.5 Å². The Morgan fingerprint density at radius 2 is 1.72 bits per heavy atom. The summed E-state index contributed by atoms with van der Waals surface area (Å²) >= 11 is 0. The third-order valence-corrected chi connectivity index (χ3v) is 5.72. The normalized spacial score (nSPS) is 15.3. The van der Waals surface area contributed by atoms with Crippen molar-refractivity contribution in [2.24, 2.45) is 0 Å². The van der Waals surface area contributed by atoms with Crippen LogP contribution < -0.4 is 4.72 Å². The highest BCUT2D eigenvalue weighted by molar-refractivity contribution is 7.87. The molecule has 2 aromatic rings. The number of carbonyl (C=O) groups is 1. The second kappa shape index (κ2) is 6.93. The Bertz CT molecular complexity index is 892. The number of benzene rings is 2. The van der Waals surface area contributed by atoms with Crippen LogP contribution >= 0.6 is 0 Å². The summed E-state index contributed by atoms with van der Waals surface area (Å²) in [7, 11) is -3.95. The SMILES string of the molecule is Cc1cc(-c2ccccc2)cc(C(=O)NS(=O)(=O)N2CCCC2)c1F. The van der Waals surface area contributed by atoms with E-state index in [1.165, 1.54) is 10.4 Å². The molecule has 1 N–H and O–H groups in total. The van der Waals surface area contributed by atoms with Crippen molar-refractivity contribution in [3.05, 3.63) is 59.4 Å². The van der Waals surface area contributed by atoms with Gasteiger partial charge in [0.2, 0.25) is 0 Å². The van der Waals surface area contributed by atoms with E-state index in [1.54, 1.807) is 13.0 Å². The number of amides is 1. The molecule has 5 nitrogen and oxygen atoms in total. The average Bonchev–Trinajstić information content (AvgIpc) is 3.13. The van der Waals surface area contributed by atoms with E-state index in [1.807, 2.05) is 35.1 Å². The van der Waals surface area contributed by atoms with Gasteiger partial charge >= 0.3 is 10.2 Å². The van der Waals surface area contributed by atoms with Crippen LogP contribution in [0, 0.1) is 12.7 Å². The van der Waals surface area contributed by atoms with E-state index in [-0.39, 0.29) is 11.1 Å². The number of halogens is 1. The number of nitrogens with zero attached hydrogens (tertiary/aromatic N) is 1. The summed E-state index contributed by atoms with van der Waals surface area (Å²) < 4.78 is 42.1. The molecule has 0 saturated carbocycles. The minimum atomic E-state index is -3.95. The molecule has 0 aromatic heterocycles. The quantitative estimate of drug-likeness (QED) is 0.909. The van der Waals surface area contributed by atoms with Crippen molar-refractivity contribution in [1.29, 1.82) is 0 Å². The average molecular weight is 362 g/mol. The van der Waals surface area contributed by atoms with Crippen LogP contribution in [-0.4, -0.2) is 31.7 Å². The molecule has 0 unspecified atom stereocenters. The number of aryl methyl sites for hydroxylation is 1. The zero-order valence-corrected chi connectivity index (χ0v) is 14.6. The standard InChI is InChI=1S/C18H19FN2O3S/c1-13-11-15(14-7-3-2-4-8-14)12-16(17(13)19)18(22)20-25(23,24)21-9-5-6-10-21/h2-4,7-8,11-12H,5-6,9-10H2,1H3,(H,20,22). The third-order valence-electron chi connectivity index (χ3n) is 4.23. The molecule has 2 aromatic carbocycles. The molecule has 7 heteroatoms. The van der Waals surface area contributed by atoms with E-state index >= 15 is 0 Å². The highest BCUT2D eigenvalue weighted by Gasteiger charge is 2.28. The summed E-state index contributed by atoms with van der Waals surface area (Å²) in [5.41, 5.74) is 1.48. The predicted molar refractivity (Wildman–Crippen MR) is 93.8 cm³/mol. The molecule has 1 aliphatic rings. The van der Waals surface area contributed by atoms with Gasteiger partial charge in [0, 0.05) is 13.1 Å². The maximum atomic E-state index is 14.4. The van der Waals surface area contributed by atoms with Gasteiger partial charge < -0.3 is 0 Å². The number of carbonyl (C=O) groups excluding carboxylic acids is 1. The molecule has 0 bridgehead atoms. The maximum Gasteiger partial charge on any atom is 0.304 e. The van der Waals surface area contributed by atoms with Crippen LogP contribution in [0.2, 0.25) is 0 Å².